The van der Waals surface area contributed by atoms with Crippen molar-refractivity contribution in [3.8, 4) is 0 Å². The molecule has 1 saturated heterocycles. The fourth-order valence-corrected chi connectivity index (χ4v) is 4.05. The van der Waals surface area contributed by atoms with E-state index in [0.717, 1.165) is 15.3 Å². The quantitative estimate of drug-likeness (QED) is 0.444. The number of nitrogens with one attached hydrogen (secondary N) is 1. The smallest absolute Gasteiger partial charge is 0.326 e. The monoisotopic (exact) mass is 411 g/mol. The van der Waals surface area contributed by atoms with E-state index >= 15 is 0 Å². The van der Waals surface area contributed by atoms with Crippen LogP contribution in [0.3, 0.4) is 0 Å². The van der Waals surface area contributed by atoms with Crippen molar-refractivity contribution in [1.29, 1.82) is 0 Å². The van der Waals surface area contributed by atoms with Crippen LogP contribution in [0.4, 0.5) is 10.5 Å². The number of urea groups is 1. The van der Waals surface area contributed by atoms with Crippen LogP contribution >= 0.6 is 11.3 Å². The van der Waals surface area contributed by atoms with Crippen LogP contribution in [-0.4, -0.2) is 52.4 Å². The first-order valence-corrected chi connectivity index (χ1v) is 9.97. The Labute approximate surface area is 170 Å². The van der Waals surface area contributed by atoms with Gasteiger partial charge in [-0.3, -0.25) is 24.1 Å². The van der Waals surface area contributed by atoms with E-state index in [1.54, 1.807) is 12.1 Å². The maximum atomic E-state index is 12.6. The number of imide groups is 2. The normalized spacial score (nSPS) is 16.3. The van der Waals surface area contributed by atoms with Gasteiger partial charge < -0.3 is 5.32 Å². The second kappa shape index (κ2) is 7.59. The number of hydrogen-bond donors (Lipinski definition) is 1. The first-order valence-electron chi connectivity index (χ1n) is 9.09. The molecule has 3 heterocycles. The molecule has 2 aliphatic rings. The van der Waals surface area contributed by atoms with Crippen LogP contribution in [0.2, 0.25) is 0 Å². The van der Waals surface area contributed by atoms with Crippen LogP contribution in [-0.2, 0) is 27.2 Å². The number of thiophene rings is 1. The van der Waals surface area contributed by atoms with Crippen molar-refractivity contribution >= 4 is 46.6 Å². The number of carbonyl (C=O) groups is 5. The number of nitrogens with zero attached hydrogens (tertiary/aromatic N) is 2. The van der Waals surface area contributed by atoms with E-state index in [1.165, 1.54) is 17.4 Å². The Bertz CT molecular complexity index is 1030. The Morgan fingerprint density at radius 1 is 1.03 bits per heavy atom. The molecule has 0 atom stereocenters. The number of carbonyl (C=O) groups excluding carboxylic acids is 5. The third-order valence-electron chi connectivity index (χ3n) is 4.92. The van der Waals surface area contributed by atoms with Gasteiger partial charge in [0.05, 0.1) is 6.54 Å². The molecule has 1 aromatic heterocycles. The minimum absolute atomic E-state index is 0.0778. The number of amides is 5. The lowest BCUT2D eigenvalue weighted by atomic mass is 9.98. The van der Waals surface area contributed by atoms with E-state index in [0.29, 0.717) is 35.4 Å². The Morgan fingerprint density at radius 2 is 1.83 bits per heavy atom. The molecule has 2 aliphatic heterocycles. The summed E-state index contributed by atoms with van der Waals surface area (Å²) in [5, 5.41) is 4.62. The topological polar surface area (TPSA) is 104 Å². The summed E-state index contributed by atoms with van der Waals surface area (Å²) in [5.41, 5.74) is 1.80. The number of benzene rings is 1. The highest BCUT2D eigenvalue weighted by Crippen LogP contribution is 2.24. The number of rotatable bonds is 6. The summed E-state index contributed by atoms with van der Waals surface area (Å²) in [6.45, 7) is -0.406. The van der Waals surface area contributed by atoms with Crippen molar-refractivity contribution in [2.75, 3.05) is 18.4 Å². The lowest BCUT2D eigenvalue weighted by molar-refractivity contribution is -0.143. The minimum atomic E-state index is -0.986. The maximum Gasteiger partial charge on any atom is 0.334 e. The summed E-state index contributed by atoms with van der Waals surface area (Å²) in [6.07, 6.45) is 1.31. The molecular weight excluding hydrogens is 394 g/mol. The summed E-state index contributed by atoms with van der Waals surface area (Å²) in [5.74, 6) is -2.42. The number of hydrogen-bond acceptors (Lipinski definition) is 6. The third kappa shape index (κ3) is 3.68. The van der Waals surface area contributed by atoms with Crippen LogP contribution in [0.5, 0.6) is 0 Å². The van der Waals surface area contributed by atoms with Gasteiger partial charge in [-0.05, 0) is 41.6 Å². The third-order valence-corrected chi connectivity index (χ3v) is 5.86. The standard InChI is InChI=1S/C20H17N3O5S/c24-16(13-3-5-15-12(10-13)4-6-17(25)21-15)11-23-19(27)18(26)22(20(23)28)8-7-14-2-1-9-29-14/h1-3,5,9-10H,4,6-8,11H2,(H,21,25). The van der Waals surface area contributed by atoms with Crippen LogP contribution < -0.4 is 5.32 Å². The first-order chi connectivity index (χ1) is 13.9. The van der Waals surface area contributed by atoms with Gasteiger partial charge in [-0.1, -0.05) is 6.07 Å². The lowest BCUT2D eigenvalue weighted by Crippen LogP contribution is -2.37. The molecule has 29 heavy (non-hydrogen) atoms. The van der Waals surface area contributed by atoms with Gasteiger partial charge in [-0.2, -0.15) is 0 Å². The molecule has 1 N–H and O–H groups in total. The summed E-state index contributed by atoms with van der Waals surface area (Å²) >= 11 is 1.50. The highest BCUT2D eigenvalue weighted by molar-refractivity contribution is 7.09. The maximum absolute atomic E-state index is 12.6. The van der Waals surface area contributed by atoms with Crippen molar-refractivity contribution in [3.63, 3.8) is 0 Å². The minimum Gasteiger partial charge on any atom is -0.326 e. The molecule has 0 bridgehead atoms. The van der Waals surface area contributed by atoms with E-state index in [9.17, 15) is 24.0 Å². The van der Waals surface area contributed by atoms with Crippen LogP contribution in [0.25, 0.3) is 0 Å². The van der Waals surface area contributed by atoms with Gasteiger partial charge in [-0.15, -0.1) is 11.3 Å². The SMILES string of the molecule is O=C1CCc2cc(C(=O)CN3C(=O)C(=O)N(CCc4cccs4)C3=O)ccc2N1. The van der Waals surface area contributed by atoms with Gasteiger partial charge in [0.2, 0.25) is 5.91 Å². The van der Waals surface area contributed by atoms with Gasteiger partial charge in [0, 0.05) is 35.5 Å². The van der Waals surface area contributed by atoms with Crippen molar-refractivity contribution in [1.82, 2.24) is 9.80 Å². The molecular formula is C20H17N3O5S. The summed E-state index contributed by atoms with van der Waals surface area (Å²) in [4.78, 5) is 63.6. The second-order valence-electron chi connectivity index (χ2n) is 6.80. The lowest BCUT2D eigenvalue weighted by Gasteiger charge is -2.18. The molecule has 8 nitrogen and oxygen atoms in total. The molecule has 0 unspecified atom stereocenters. The molecule has 148 valence electrons. The predicted molar refractivity (Wildman–Crippen MR) is 105 cm³/mol. The molecule has 0 radical (unpaired) electrons. The Hall–Kier alpha value is -3.33. The van der Waals surface area contributed by atoms with E-state index < -0.39 is 30.2 Å². The molecule has 9 heteroatoms. The number of fused-ring (bicyclic) bond motifs is 1. The van der Waals surface area contributed by atoms with Gasteiger partial charge >= 0.3 is 17.8 Å². The zero-order chi connectivity index (χ0) is 20.5. The van der Waals surface area contributed by atoms with Crippen molar-refractivity contribution < 1.29 is 24.0 Å². The highest BCUT2D eigenvalue weighted by Gasteiger charge is 2.44. The molecule has 4 rings (SSSR count). The van der Waals surface area contributed by atoms with Gasteiger partial charge in [0.1, 0.15) is 0 Å². The Balaban J connectivity index is 1.45. The van der Waals surface area contributed by atoms with E-state index in [2.05, 4.69) is 5.32 Å². The molecule has 0 aliphatic carbocycles. The average Bonchev–Trinajstić information content (AvgIpc) is 3.30. The van der Waals surface area contributed by atoms with Gasteiger partial charge in [0.25, 0.3) is 0 Å². The van der Waals surface area contributed by atoms with Crippen molar-refractivity contribution in [3.05, 3.63) is 51.7 Å². The van der Waals surface area contributed by atoms with E-state index in [1.807, 2.05) is 17.5 Å². The number of ketones is 1. The molecule has 0 saturated carbocycles. The highest BCUT2D eigenvalue weighted by atomic mass is 32.1. The zero-order valence-corrected chi connectivity index (χ0v) is 16.2. The number of aryl methyl sites for hydroxylation is 1. The first kappa shape index (κ1) is 19.0. The van der Waals surface area contributed by atoms with E-state index in [-0.39, 0.29) is 12.5 Å². The molecule has 1 aromatic carbocycles. The zero-order valence-electron chi connectivity index (χ0n) is 15.3. The molecule has 5 amide bonds. The fourth-order valence-electron chi connectivity index (χ4n) is 3.36. The second-order valence-corrected chi connectivity index (χ2v) is 7.84. The van der Waals surface area contributed by atoms with Gasteiger partial charge in [0.15, 0.2) is 5.78 Å². The number of Topliss-reactive ketones (excluding diaryl/α,β-unsaturated/α-hetero) is 1. The van der Waals surface area contributed by atoms with Crippen LogP contribution in [0.15, 0.2) is 35.7 Å². The predicted octanol–water partition coefficient (Wildman–Crippen LogP) is 1.85. The van der Waals surface area contributed by atoms with Crippen LogP contribution in [0, 0.1) is 0 Å². The van der Waals surface area contributed by atoms with Crippen molar-refractivity contribution in [2.24, 2.45) is 0 Å². The fraction of sp³-hybridized carbons (Fsp3) is 0.250. The van der Waals surface area contributed by atoms with Gasteiger partial charge in [-0.25, -0.2) is 9.69 Å². The molecule has 1 fully saturated rings. The number of anilines is 1. The molecule has 2 aromatic rings. The Morgan fingerprint density at radius 3 is 2.59 bits per heavy atom. The summed E-state index contributed by atoms with van der Waals surface area (Å²) in [6, 6.07) is 7.80. The molecule has 0 spiro atoms. The Kier molecular flexibility index (Phi) is 4.98. The summed E-state index contributed by atoms with van der Waals surface area (Å²) in [7, 11) is 0. The van der Waals surface area contributed by atoms with E-state index in [4.69, 9.17) is 0 Å². The average molecular weight is 411 g/mol. The van der Waals surface area contributed by atoms with Crippen LogP contribution in [0.1, 0.15) is 27.2 Å². The summed E-state index contributed by atoms with van der Waals surface area (Å²) < 4.78 is 0. The largest absolute Gasteiger partial charge is 0.334 e. The van der Waals surface area contributed by atoms with Crippen molar-refractivity contribution in [2.45, 2.75) is 19.3 Å².